The number of ether oxygens (including phenoxy) is 1. The van der Waals surface area contributed by atoms with E-state index < -0.39 is 0 Å². The predicted molar refractivity (Wildman–Crippen MR) is 69.6 cm³/mol. The lowest BCUT2D eigenvalue weighted by Crippen LogP contribution is -2.25. The fourth-order valence-electron chi connectivity index (χ4n) is 1.96. The molecular weight excluding hydrogens is 228 g/mol. The fraction of sp³-hybridized carbons (Fsp3) is 0.308. The summed E-state index contributed by atoms with van der Waals surface area (Å²) in [5, 5.41) is 17.1. The Hall–Kier alpha value is -2.35. The van der Waals surface area contributed by atoms with Crippen molar-refractivity contribution in [2.24, 2.45) is 21.9 Å². The third-order valence-electron chi connectivity index (χ3n) is 2.88. The van der Waals surface area contributed by atoms with Crippen LogP contribution in [0.2, 0.25) is 0 Å². The molecule has 1 aliphatic heterocycles. The second kappa shape index (κ2) is 4.88. The predicted octanol–water partition coefficient (Wildman–Crippen LogP) is 1.67. The molecule has 2 rings (SSSR count). The maximum Gasteiger partial charge on any atom is 0.136 e. The molecule has 0 amide bonds. The van der Waals surface area contributed by atoms with E-state index in [1.165, 1.54) is 0 Å². The summed E-state index contributed by atoms with van der Waals surface area (Å²) in [6.07, 6.45) is 0.687. The van der Waals surface area contributed by atoms with Gasteiger partial charge in [0.15, 0.2) is 0 Å². The molecule has 1 atom stereocenters. The van der Waals surface area contributed by atoms with Gasteiger partial charge in [-0.1, -0.05) is 6.92 Å². The highest BCUT2D eigenvalue weighted by Gasteiger charge is 2.19. The van der Waals surface area contributed by atoms with Gasteiger partial charge in [0.05, 0.1) is 18.4 Å². The molecule has 1 aromatic rings. The van der Waals surface area contributed by atoms with Crippen molar-refractivity contribution in [1.82, 2.24) is 0 Å². The first-order valence-corrected chi connectivity index (χ1v) is 5.64. The summed E-state index contributed by atoms with van der Waals surface area (Å²) in [6, 6.07) is 7.53. The van der Waals surface area contributed by atoms with Gasteiger partial charge in [-0.25, -0.2) is 0 Å². The molecule has 1 heterocycles. The molecule has 2 N–H and O–H groups in total. The van der Waals surface area contributed by atoms with E-state index in [-0.39, 0.29) is 5.92 Å². The number of nitrogens with two attached hydrogens (primary N) is 1. The first-order chi connectivity index (χ1) is 8.65. The van der Waals surface area contributed by atoms with Gasteiger partial charge in [-0.05, 0) is 23.8 Å². The number of nitrogens with zero attached hydrogens (tertiary/aromatic N) is 3. The van der Waals surface area contributed by atoms with E-state index in [0.717, 1.165) is 11.3 Å². The van der Waals surface area contributed by atoms with Crippen LogP contribution in [0.1, 0.15) is 24.5 Å². The molecule has 5 nitrogen and oxygen atoms in total. The average molecular weight is 242 g/mol. The maximum absolute atomic E-state index is 9.06. The highest BCUT2D eigenvalue weighted by Crippen LogP contribution is 2.23. The van der Waals surface area contributed by atoms with Gasteiger partial charge < -0.3 is 10.5 Å². The summed E-state index contributed by atoms with van der Waals surface area (Å²) < 4.78 is 5.11. The Labute approximate surface area is 106 Å². The van der Waals surface area contributed by atoms with Crippen molar-refractivity contribution in [3.8, 4) is 11.8 Å². The number of methoxy groups -OCH3 is 1. The van der Waals surface area contributed by atoms with E-state index in [9.17, 15) is 0 Å². The Morgan fingerprint density at radius 3 is 2.83 bits per heavy atom. The Morgan fingerprint density at radius 1 is 1.44 bits per heavy atom. The summed E-state index contributed by atoms with van der Waals surface area (Å²) in [4.78, 5) is 0. The van der Waals surface area contributed by atoms with Crippen LogP contribution in [-0.4, -0.2) is 18.7 Å². The van der Waals surface area contributed by atoms with Crippen molar-refractivity contribution in [1.29, 1.82) is 5.26 Å². The molecule has 1 aliphatic rings. The van der Waals surface area contributed by atoms with Crippen molar-refractivity contribution in [2.75, 3.05) is 7.11 Å². The minimum atomic E-state index is 0.197. The molecule has 5 heteroatoms. The Morgan fingerprint density at radius 2 is 2.22 bits per heavy atom. The van der Waals surface area contributed by atoms with Crippen LogP contribution in [0.25, 0.3) is 0 Å². The lowest BCUT2D eigenvalue weighted by molar-refractivity contribution is 0.413. The second-order valence-corrected chi connectivity index (χ2v) is 4.21. The molecule has 0 saturated heterocycles. The molecule has 92 valence electrons. The quantitative estimate of drug-likeness (QED) is 0.856. The minimum absolute atomic E-state index is 0.197. The van der Waals surface area contributed by atoms with Gasteiger partial charge in [0, 0.05) is 12.3 Å². The van der Waals surface area contributed by atoms with Gasteiger partial charge in [-0.3, -0.25) is 0 Å². The van der Waals surface area contributed by atoms with Crippen LogP contribution in [-0.2, 0) is 0 Å². The lowest BCUT2D eigenvalue weighted by Gasteiger charge is -2.17. The minimum Gasteiger partial charge on any atom is -0.495 e. The largest absolute Gasteiger partial charge is 0.495 e. The van der Waals surface area contributed by atoms with Crippen LogP contribution in [0.5, 0.6) is 5.75 Å². The van der Waals surface area contributed by atoms with E-state index >= 15 is 0 Å². The number of hydrogen-bond donors (Lipinski definition) is 1. The number of nitriles is 1. The van der Waals surface area contributed by atoms with Gasteiger partial charge in [0.2, 0.25) is 0 Å². The van der Waals surface area contributed by atoms with E-state index in [1.807, 2.05) is 13.0 Å². The highest BCUT2D eigenvalue weighted by molar-refractivity contribution is 6.05. The Balaban J connectivity index is 2.44. The van der Waals surface area contributed by atoms with Crippen molar-refractivity contribution in [3.63, 3.8) is 0 Å². The zero-order valence-electron chi connectivity index (χ0n) is 10.3. The zero-order valence-corrected chi connectivity index (χ0v) is 10.3. The summed E-state index contributed by atoms with van der Waals surface area (Å²) in [5.41, 5.74) is 7.87. The van der Waals surface area contributed by atoms with Crippen LogP contribution in [0, 0.1) is 17.2 Å². The monoisotopic (exact) mass is 242 g/mol. The second-order valence-electron chi connectivity index (χ2n) is 4.21. The average Bonchev–Trinajstić information content (AvgIpc) is 2.38. The Kier molecular flexibility index (Phi) is 3.28. The van der Waals surface area contributed by atoms with Crippen LogP contribution in [0.4, 0.5) is 0 Å². The van der Waals surface area contributed by atoms with Gasteiger partial charge in [0.25, 0.3) is 0 Å². The van der Waals surface area contributed by atoms with E-state index in [4.69, 9.17) is 15.7 Å². The molecule has 18 heavy (non-hydrogen) atoms. The molecule has 1 aromatic carbocycles. The lowest BCUT2D eigenvalue weighted by atomic mass is 9.93. The fourth-order valence-corrected chi connectivity index (χ4v) is 1.96. The standard InChI is InChI=1S/C13H14N4O/c1-8-5-12(15)16-17-13(8)9-3-4-11(18-2)10(6-9)7-14/h3-4,6,8H,5H2,1-2H3,(H2,15,16). The van der Waals surface area contributed by atoms with Crippen molar-refractivity contribution >= 4 is 11.5 Å². The summed E-state index contributed by atoms with van der Waals surface area (Å²) in [5.74, 6) is 1.30. The SMILES string of the molecule is COc1ccc(C2=NN=C(N)CC2C)cc1C#N. The molecular formula is C13H14N4O. The van der Waals surface area contributed by atoms with Crippen molar-refractivity contribution < 1.29 is 4.74 Å². The van der Waals surface area contributed by atoms with E-state index in [0.29, 0.717) is 23.6 Å². The molecule has 0 aromatic heterocycles. The van der Waals surface area contributed by atoms with Crippen LogP contribution >= 0.6 is 0 Å². The molecule has 0 spiro atoms. The number of benzene rings is 1. The van der Waals surface area contributed by atoms with Crippen molar-refractivity contribution in [3.05, 3.63) is 29.3 Å². The highest BCUT2D eigenvalue weighted by atomic mass is 16.5. The van der Waals surface area contributed by atoms with Gasteiger partial charge in [-0.15, -0.1) is 5.10 Å². The van der Waals surface area contributed by atoms with Crippen LogP contribution < -0.4 is 10.5 Å². The van der Waals surface area contributed by atoms with Crippen LogP contribution in [0.3, 0.4) is 0 Å². The molecule has 0 saturated carbocycles. The normalized spacial score (nSPS) is 18.6. The van der Waals surface area contributed by atoms with E-state index in [2.05, 4.69) is 16.3 Å². The van der Waals surface area contributed by atoms with Crippen molar-refractivity contribution in [2.45, 2.75) is 13.3 Å². The Bertz CT molecular complexity index is 569. The molecule has 1 unspecified atom stereocenters. The first-order valence-electron chi connectivity index (χ1n) is 5.64. The maximum atomic E-state index is 9.06. The van der Waals surface area contributed by atoms with Gasteiger partial charge in [0.1, 0.15) is 17.7 Å². The number of amidine groups is 1. The summed E-state index contributed by atoms with van der Waals surface area (Å²) in [6.45, 7) is 2.04. The molecule has 0 radical (unpaired) electrons. The van der Waals surface area contributed by atoms with Gasteiger partial charge in [-0.2, -0.15) is 10.4 Å². The summed E-state index contributed by atoms with van der Waals surface area (Å²) >= 11 is 0. The molecule has 0 aliphatic carbocycles. The van der Waals surface area contributed by atoms with Crippen LogP contribution in [0.15, 0.2) is 28.4 Å². The van der Waals surface area contributed by atoms with Gasteiger partial charge >= 0.3 is 0 Å². The summed E-state index contributed by atoms with van der Waals surface area (Å²) in [7, 11) is 1.54. The first kappa shape index (κ1) is 12.1. The molecule has 0 fully saturated rings. The molecule has 0 bridgehead atoms. The topological polar surface area (TPSA) is 83.8 Å². The number of rotatable bonds is 2. The van der Waals surface area contributed by atoms with E-state index in [1.54, 1.807) is 19.2 Å². The third-order valence-corrected chi connectivity index (χ3v) is 2.88. The zero-order chi connectivity index (χ0) is 13.1. The third kappa shape index (κ3) is 2.18. The smallest absolute Gasteiger partial charge is 0.136 e. The number of hydrogen-bond acceptors (Lipinski definition) is 5.